The lowest BCUT2D eigenvalue weighted by Crippen LogP contribution is -2.12. The summed E-state index contributed by atoms with van der Waals surface area (Å²) in [7, 11) is 0. The van der Waals surface area contributed by atoms with Crippen LogP contribution in [0.2, 0.25) is 5.02 Å². The van der Waals surface area contributed by atoms with Crippen LogP contribution in [0.15, 0.2) is 84.9 Å². The van der Waals surface area contributed by atoms with E-state index in [1.807, 2.05) is 72.8 Å². The van der Waals surface area contributed by atoms with Crippen LogP contribution in [0.25, 0.3) is 16.9 Å². The van der Waals surface area contributed by atoms with Crippen molar-refractivity contribution in [3.63, 3.8) is 0 Å². The standard InChI is InChI=1S/C26H23ClN2O2/c1-2-3-9-19-14-16-21(17-15-19)26(30)31-25-18-23(20-10-5-4-6-11-20)28-29(25)24-13-8-7-12-22(24)27/h4-8,10-18H,2-3,9H2,1H3. The second-order valence-electron chi connectivity index (χ2n) is 7.29. The zero-order valence-corrected chi connectivity index (χ0v) is 18.0. The number of carbonyl (C=O) groups excluding carboxylic acids is 1. The van der Waals surface area contributed by atoms with Gasteiger partial charge in [-0.15, -0.1) is 0 Å². The molecule has 0 spiro atoms. The fourth-order valence-electron chi connectivity index (χ4n) is 3.33. The highest BCUT2D eigenvalue weighted by molar-refractivity contribution is 6.32. The summed E-state index contributed by atoms with van der Waals surface area (Å²) in [6.45, 7) is 2.16. The molecule has 4 aromatic rings. The van der Waals surface area contributed by atoms with Crippen molar-refractivity contribution in [2.24, 2.45) is 0 Å². The molecule has 31 heavy (non-hydrogen) atoms. The minimum absolute atomic E-state index is 0.312. The average Bonchev–Trinajstić information content (AvgIpc) is 3.22. The van der Waals surface area contributed by atoms with Crippen molar-refractivity contribution in [1.29, 1.82) is 0 Å². The lowest BCUT2D eigenvalue weighted by molar-refractivity contribution is 0.0723. The van der Waals surface area contributed by atoms with E-state index >= 15 is 0 Å². The number of ether oxygens (including phenoxy) is 1. The van der Waals surface area contributed by atoms with E-state index < -0.39 is 5.97 Å². The Kier molecular flexibility index (Phi) is 6.48. The molecule has 0 radical (unpaired) electrons. The third kappa shape index (κ3) is 4.86. The molecule has 0 bridgehead atoms. The van der Waals surface area contributed by atoms with Crippen LogP contribution >= 0.6 is 11.6 Å². The number of halogens is 1. The molecule has 0 aliphatic carbocycles. The Morgan fingerprint density at radius 2 is 1.68 bits per heavy atom. The number of para-hydroxylation sites is 1. The maximum atomic E-state index is 12.9. The van der Waals surface area contributed by atoms with Gasteiger partial charge in [0, 0.05) is 11.6 Å². The minimum atomic E-state index is -0.435. The summed E-state index contributed by atoms with van der Waals surface area (Å²) in [5.74, 6) is -0.123. The Hall–Kier alpha value is -3.37. The van der Waals surface area contributed by atoms with Crippen LogP contribution in [0.1, 0.15) is 35.7 Å². The van der Waals surface area contributed by atoms with E-state index in [4.69, 9.17) is 16.3 Å². The number of rotatable bonds is 7. The van der Waals surface area contributed by atoms with E-state index in [2.05, 4.69) is 12.0 Å². The third-order valence-corrected chi connectivity index (χ3v) is 5.35. The van der Waals surface area contributed by atoms with Crippen LogP contribution in [0.4, 0.5) is 0 Å². The van der Waals surface area contributed by atoms with E-state index in [1.165, 1.54) is 5.56 Å². The first-order chi connectivity index (χ1) is 15.2. The topological polar surface area (TPSA) is 44.1 Å². The summed E-state index contributed by atoms with van der Waals surface area (Å²) in [6.07, 6.45) is 3.27. The highest BCUT2D eigenvalue weighted by Gasteiger charge is 2.18. The number of aryl methyl sites for hydroxylation is 1. The van der Waals surface area contributed by atoms with Gasteiger partial charge in [-0.1, -0.05) is 79.5 Å². The molecule has 3 aromatic carbocycles. The molecule has 0 unspecified atom stereocenters. The lowest BCUT2D eigenvalue weighted by Gasteiger charge is -2.09. The summed E-state index contributed by atoms with van der Waals surface area (Å²) < 4.78 is 7.33. The molecule has 1 heterocycles. The number of carbonyl (C=O) groups is 1. The van der Waals surface area contributed by atoms with Crippen molar-refractivity contribution in [2.45, 2.75) is 26.2 Å². The largest absolute Gasteiger partial charge is 0.404 e. The summed E-state index contributed by atoms with van der Waals surface area (Å²) >= 11 is 6.40. The molecule has 5 heteroatoms. The molecule has 0 atom stereocenters. The van der Waals surface area contributed by atoms with Crippen molar-refractivity contribution in [3.8, 4) is 22.8 Å². The van der Waals surface area contributed by atoms with Crippen molar-refractivity contribution in [2.75, 3.05) is 0 Å². The first-order valence-corrected chi connectivity index (χ1v) is 10.7. The number of unbranched alkanes of at least 4 members (excludes halogenated alkanes) is 1. The van der Waals surface area contributed by atoms with E-state index in [0.29, 0.717) is 27.8 Å². The normalized spacial score (nSPS) is 10.8. The highest BCUT2D eigenvalue weighted by Crippen LogP contribution is 2.30. The second-order valence-corrected chi connectivity index (χ2v) is 7.69. The lowest BCUT2D eigenvalue weighted by atomic mass is 10.1. The number of hydrogen-bond donors (Lipinski definition) is 0. The molecule has 0 amide bonds. The van der Waals surface area contributed by atoms with Crippen LogP contribution in [0, 0.1) is 0 Å². The Bertz CT molecular complexity index is 1170. The first kappa shape index (κ1) is 20.9. The van der Waals surface area contributed by atoms with Crippen LogP contribution in [0.5, 0.6) is 5.88 Å². The molecule has 0 saturated carbocycles. The van der Waals surface area contributed by atoms with Crippen LogP contribution in [0.3, 0.4) is 0 Å². The zero-order valence-electron chi connectivity index (χ0n) is 17.3. The molecule has 0 saturated heterocycles. The molecule has 1 aromatic heterocycles. The van der Waals surface area contributed by atoms with Crippen molar-refractivity contribution >= 4 is 17.6 Å². The molecular formula is C26H23ClN2O2. The fourth-order valence-corrected chi connectivity index (χ4v) is 3.54. The maximum Gasteiger partial charge on any atom is 0.344 e. The monoisotopic (exact) mass is 430 g/mol. The van der Waals surface area contributed by atoms with Crippen molar-refractivity contribution in [3.05, 3.63) is 101 Å². The molecule has 0 fully saturated rings. The van der Waals surface area contributed by atoms with Gasteiger partial charge in [0.25, 0.3) is 0 Å². The number of benzene rings is 3. The highest BCUT2D eigenvalue weighted by atomic mass is 35.5. The molecular weight excluding hydrogens is 408 g/mol. The average molecular weight is 431 g/mol. The Labute approximate surface area is 187 Å². The Morgan fingerprint density at radius 3 is 2.39 bits per heavy atom. The Morgan fingerprint density at radius 1 is 0.968 bits per heavy atom. The maximum absolute atomic E-state index is 12.9. The van der Waals surface area contributed by atoms with Gasteiger partial charge in [0.15, 0.2) is 0 Å². The summed E-state index contributed by atoms with van der Waals surface area (Å²) in [5.41, 5.74) is 3.97. The van der Waals surface area contributed by atoms with Gasteiger partial charge in [-0.05, 0) is 42.7 Å². The van der Waals surface area contributed by atoms with Crippen molar-refractivity contribution < 1.29 is 9.53 Å². The first-order valence-electron chi connectivity index (χ1n) is 10.4. The Balaban J connectivity index is 1.66. The minimum Gasteiger partial charge on any atom is -0.404 e. The van der Waals surface area contributed by atoms with Gasteiger partial charge < -0.3 is 4.74 Å². The zero-order chi connectivity index (χ0) is 21.6. The third-order valence-electron chi connectivity index (χ3n) is 5.03. The number of nitrogens with zero attached hydrogens (tertiary/aromatic N) is 2. The molecule has 156 valence electrons. The van der Waals surface area contributed by atoms with Gasteiger partial charge in [0.2, 0.25) is 5.88 Å². The van der Waals surface area contributed by atoms with Gasteiger partial charge in [-0.3, -0.25) is 0 Å². The number of esters is 1. The van der Waals surface area contributed by atoms with Gasteiger partial charge in [-0.25, -0.2) is 4.79 Å². The van der Waals surface area contributed by atoms with Gasteiger partial charge >= 0.3 is 5.97 Å². The predicted octanol–water partition coefficient (Wildman–Crippen LogP) is 6.75. The molecule has 0 aliphatic heterocycles. The number of aromatic nitrogens is 2. The SMILES string of the molecule is CCCCc1ccc(C(=O)Oc2cc(-c3ccccc3)nn2-c2ccccc2Cl)cc1. The van der Waals surface area contributed by atoms with Crippen LogP contribution < -0.4 is 4.74 Å². The molecule has 0 N–H and O–H groups in total. The molecule has 0 aliphatic rings. The van der Waals surface area contributed by atoms with Gasteiger partial charge in [-0.2, -0.15) is 9.78 Å². The summed E-state index contributed by atoms with van der Waals surface area (Å²) in [5, 5.41) is 5.18. The van der Waals surface area contributed by atoms with E-state index in [0.717, 1.165) is 24.8 Å². The fraction of sp³-hybridized carbons (Fsp3) is 0.154. The van der Waals surface area contributed by atoms with Gasteiger partial charge in [0.05, 0.1) is 22.0 Å². The van der Waals surface area contributed by atoms with E-state index in [-0.39, 0.29) is 0 Å². The molecule has 4 nitrogen and oxygen atoms in total. The number of hydrogen-bond acceptors (Lipinski definition) is 3. The smallest absolute Gasteiger partial charge is 0.344 e. The van der Waals surface area contributed by atoms with Gasteiger partial charge in [0.1, 0.15) is 0 Å². The van der Waals surface area contributed by atoms with E-state index in [9.17, 15) is 4.79 Å². The van der Waals surface area contributed by atoms with E-state index in [1.54, 1.807) is 16.8 Å². The summed E-state index contributed by atoms with van der Waals surface area (Å²) in [4.78, 5) is 12.9. The van der Waals surface area contributed by atoms with Crippen LogP contribution in [-0.2, 0) is 6.42 Å². The second kappa shape index (κ2) is 9.63. The molecule has 4 rings (SSSR count). The predicted molar refractivity (Wildman–Crippen MR) is 124 cm³/mol. The van der Waals surface area contributed by atoms with Crippen molar-refractivity contribution in [1.82, 2.24) is 9.78 Å². The quantitative estimate of drug-likeness (QED) is 0.304. The summed E-state index contributed by atoms with van der Waals surface area (Å²) in [6, 6.07) is 26.4. The van der Waals surface area contributed by atoms with Crippen LogP contribution in [-0.4, -0.2) is 15.7 Å².